The van der Waals surface area contributed by atoms with E-state index < -0.39 is 0 Å². The minimum absolute atomic E-state index is 0.400. The summed E-state index contributed by atoms with van der Waals surface area (Å²) in [4.78, 5) is 18.8. The van der Waals surface area contributed by atoms with Gasteiger partial charge in [-0.1, -0.05) is 12.1 Å². The Hall–Kier alpha value is -4.84. The highest BCUT2D eigenvalue weighted by molar-refractivity contribution is 6.05. The van der Waals surface area contributed by atoms with Crippen molar-refractivity contribution in [2.75, 3.05) is 132 Å². The van der Waals surface area contributed by atoms with Crippen molar-refractivity contribution in [1.82, 2.24) is 10.6 Å². The van der Waals surface area contributed by atoms with Crippen LogP contribution in [0.4, 0.5) is 0 Å². The van der Waals surface area contributed by atoms with Gasteiger partial charge in [-0.15, -0.1) is 0 Å². The predicted molar refractivity (Wildman–Crippen MR) is 237 cm³/mol. The van der Waals surface area contributed by atoms with E-state index in [1.165, 1.54) is 0 Å². The molecular weight excluding hydrogens is 785 g/mol. The summed E-state index contributed by atoms with van der Waals surface area (Å²) in [5.74, 6) is 2.66. The summed E-state index contributed by atoms with van der Waals surface area (Å²) in [7, 11) is 0. The Kier molecular flexibility index (Phi) is 22.8. The van der Waals surface area contributed by atoms with E-state index in [0.29, 0.717) is 168 Å². The quantitative estimate of drug-likeness (QED) is 0.421. The molecule has 0 radical (unpaired) electrons. The number of nitrogens with one attached hydrogen (secondary N) is 2. The average Bonchev–Trinajstić information content (AvgIpc) is 3.29. The van der Waals surface area contributed by atoms with E-state index in [2.05, 4.69) is 10.6 Å². The molecule has 334 valence electrons. The molecule has 16 nitrogen and oxygen atoms in total. The summed E-state index contributed by atoms with van der Waals surface area (Å²) in [5.41, 5.74) is 5.78. The van der Waals surface area contributed by atoms with Gasteiger partial charge < -0.3 is 58.0 Å². The molecule has 0 spiro atoms. The van der Waals surface area contributed by atoms with Crippen molar-refractivity contribution in [2.24, 2.45) is 20.0 Å². The smallest absolute Gasteiger partial charge is 0.161 e. The van der Waals surface area contributed by atoms with Crippen molar-refractivity contribution in [2.45, 2.75) is 33.4 Å². The maximum Gasteiger partial charge on any atom is 0.161 e. The third-order valence-electron chi connectivity index (χ3n) is 9.28. The average molecular weight is 849 g/mol. The molecule has 0 atom stereocenters. The number of allylic oxidation sites excluding steroid dienone is 4. The molecule has 61 heavy (non-hydrogen) atoms. The molecule has 0 aromatic heterocycles. The number of aliphatic imine (C=N–C) groups is 4. The summed E-state index contributed by atoms with van der Waals surface area (Å²) >= 11 is 0. The van der Waals surface area contributed by atoms with Crippen LogP contribution in [0.5, 0.6) is 23.0 Å². The zero-order valence-corrected chi connectivity index (χ0v) is 35.9. The van der Waals surface area contributed by atoms with Gasteiger partial charge in [-0.25, -0.2) is 0 Å². The van der Waals surface area contributed by atoms with E-state index in [1.807, 2.05) is 75.1 Å². The molecule has 2 aromatic carbocycles. The van der Waals surface area contributed by atoms with Gasteiger partial charge in [0.25, 0.3) is 0 Å². The van der Waals surface area contributed by atoms with Crippen LogP contribution in [0, 0.1) is 0 Å². The van der Waals surface area contributed by atoms with Gasteiger partial charge in [-0.2, -0.15) is 0 Å². The second-order valence-corrected chi connectivity index (χ2v) is 14.0. The molecule has 5 rings (SSSR count). The number of benzene rings is 2. The van der Waals surface area contributed by atoms with Crippen LogP contribution in [0.25, 0.3) is 0 Å². The van der Waals surface area contributed by atoms with Crippen molar-refractivity contribution in [3.05, 3.63) is 70.1 Å². The number of hydrogen-bond donors (Lipinski definition) is 2. The van der Waals surface area contributed by atoms with Gasteiger partial charge in [0.15, 0.2) is 23.0 Å². The van der Waals surface area contributed by atoms with Gasteiger partial charge in [0.2, 0.25) is 0 Å². The normalized spacial score (nSPS) is 20.6. The second kappa shape index (κ2) is 29.4. The summed E-state index contributed by atoms with van der Waals surface area (Å²) in [6.45, 7) is 15.1. The zero-order chi connectivity index (χ0) is 42.4. The molecule has 2 aromatic rings. The first-order valence-corrected chi connectivity index (χ1v) is 21.3. The lowest BCUT2D eigenvalue weighted by Crippen LogP contribution is -2.15. The topological polar surface area (TPSA) is 166 Å². The Bertz CT molecular complexity index is 1640. The molecule has 0 fully saturated rings. The zero-order valence-electron chi connectivity index (χ0n) is 35.9. The fourth-order valence-corrected chi connectivity index (χ4v) is 5.86. The molecule has 0 saturated heterocycles. The van der Waals surface area contributed by atoms with Crippen molar-refractivity contribution < 1.29 is 47.4 Å². The SMILES string of the molecule is C/C(NCc1ccc2c(c1)OCCOCCOCCOCCO2)=C1\C=NCCCN=C/C(=C(/C)NCc2ccc3c(c2)OCCOCCOCCOCCO3)C=NCCN=C1. The molecule has 0 amide bonds. The molecule has 3 aliphatic heterocycles. The fourth-order valence-electron chi connectivity index (χ4n) is 5.86. The van der Waals surface area contributed by atoms with Crippen LogP contribution in [0.1, 0.15) is 31.4 Å². The molecule has 0 unspecified atom stereocenters. The number of rotatable bonds is 6. The lowest BCUT2D eigenvalue weighted by Gasteiger charge is -2.15. The summed E-state index contributed by atoms with van der Waals surface area (Å²) in [6, 6.07) is 11.9. The number of ether oxygens (including phenoxy) is 10. The summed E-state index contributed by atoms with van der Waals surface area (Å²) < 4.78 is 57.6. The van der Waals surface area contributed by atoms with Crippen LogP contribution in [0.2, 0.25) is 0 Å². The third kappa shape index (κ3) is 19.2. The molecule has 3 heterocycles. The van der Waals surface area contributed by atoms with Gasteiger partial charge >= 0.3 is 0 Å². The summed E-state index contributed by atoms with van der Waals surface area (Å²) in [5, 5.41) is 7.07. The van der Waals surface area contributed by atoms with Gasteiger partial charge in [0.05, 0.1) is 92.4 Å². The van der Waals surface area contributed by atoms with Crippen molar-refractivity contribution in [3.63, 3.8) is 0 Å². The summed E-state index contributed by atoms with van der Waals surface area (Å²) in [6.07, 6.45) is 8.27. The lowest BCUT2D eigenvalue weighted by atomic mass is 10.2. The molecular formula is C45H64N6O10. The number of fused-ring (bicyclic) bond motifs is 2. The van der Waals surface area contributed by atoms with Gasteiger partial charge in [0.1, 0.15) is 26.4 Å². The van der Waals surface area contributed by atoms with E-state index in [-0.39, 0.29) is 0 Å². The van der Waals surface area contributed by atoms with E-state index in [9.17, 15) is 0 Å². The van der Waals surface area contributed by atoms with Crippen LogP contribution < -0.4 is 29.6 Å². The monoisotopic (exact) mass is 848 g/mol. The molecule has 2 N–H and O–H groups in total. The highest BCUT2D eigenvalue weighted by Gasteiger charge is 2.11. The highest BCUT2D eigenvalue weighted by Crippen LogP contribution is 2.30. The standard InChI is InChI=1S/C45H64N6O10/c1-36(50-30-38-4-6-42-44(28-38)60-26-22-56-18-14-52-12-16-54-20-24-58-42)40-32-46-8-3-9-47-33-41(35-49-11-10-48-34-40)37(2)51-31-39-5-7-43-45(29-39)61-27-23-57-19-15-53-13-17-55-21-25-59-43/h4-7,28-29,32-35,50-51H,3,8-27,30-31H2,1-2H3/b40-36-,41-37+,46-32?,47-33?,48-34?,49-35?. The Morgan fingerprint density at radius 3 is 1.08 bits per heavy atom. The Balaban J connectivity index is 1.16. The third-order valence-corrected chi connectivity index (χ3v) is 9.28. The van der Waals surface area contributed by atoms with E-state index in [1.54, 1.807) is 0 Å². The van der Waals surface area contributed by atoms with Crippen molar-refractivity contribution in [3.8, 4) is 23.0 Å². The largest absolute Gasteiger partial charge is 0.487 e. The molecule has 0 bridgehead atoms. The fraction of sp³-hybridized carbons (Fsp3) is 0.556. The Labute approximate surface area is 360 Å². The first kappa shape index (κ1) is 47.2. The molecule has 3 aliphatic rings. The van der Waals surface area contributed by atoms with Crippen molar-refractivity contribution in [1.29, 1.82) is 0 Å². The predicted octanol–water partition coefficient (Wildman–Crippen LogP) is 4.44. The minimum atomic E-state index is 0.400. The van der Waals surface area contributed by atoms with Gasteiger partial charge in [0, 0.05) is 73.6 Å². The Morgan fingerprint density at radius 1 is 0.410 bits per heavy atom. The second-order valence-electron chi connectivity index (χ2n) is 14.0. The van der Waals surface area contributed by atoms with E-state index in [4.69, 9.17) is 67.3 Å². The first-order chi connectivity index (χ1) is 30.2. The van der Waals surface area contributed by atoms with Crippen molar-refractivity contribution >= 4 is 24.9 Å². The molecule has 0 aliphatic carbocycles. The van der Waals surface area contributed by atoms with Crippen LogP contribution >= 0.6 is 0 Å². The van der Waals surface area contributed by atoms with Crippen LogP contribution in [0.15, 0.2) is 78.9 Å². The minimum Gasteiger partial charge on any atom is -0.487 e. The van der Waals surface area contributed by atoms with E-state index in [0.717, 1.165) is 40.1 Å². The van der Waals surface area contributed by atoms with Crippen LogP contribution in [-0.2, 0) is 41.5 Å². The number of nitrogens with zero attached hydrogens (tertiary/aromatic N) is 4. The van der Waals surface area contributed by atoms with Crippen LogP contribution in [-0.4, -0.2) is 157 Å². The molecule has 16 heteroatoms. The van der Waals surface area contributed by atoms with Gasteiger partial charge in [-0.3, -0.25) is 20.0 Å². The first-order valence-electron chi connectivity index (χ1n) is 21.3. The maximum atomic E-state index is 6.07. The Morgan fingerprint density at radius 2 is 0.721 bits per heavy atom. The van der Waals surface area contributed by atoms with E-state index >= 15 is 0 Å². The maximum absolute atomic E-state index is 6.07. The van der Waals surface area contributed by atoms with Crippen LogP contribution in [0.3, 0.4) is 0 Å². The molecule has 0 saturated carbocycles. The number of hydrogen-bond acceptors (Lipinski definition) is 16. The highest BCUT2D eigenvalue weighted by atomic mass is 16.6. The lowest BCUT2D eigenvalue weighted by molar-refractivity contribution is 0.00708. The van der Waals surface area contributed by atoms with Gasteiger partial charge in [-0.05, 0) is 55.7 Å².